The van der Waals surface area contributed by atoms with E-state index in [0.717, 1.165) is 19.4 Å². The lowest BCUT2D eigenvalue weighted by Gasteiger charge is -2.07. The first kappa shape index (κ1) is 8.76. The molecule has 1 aromatic rings. The molecule has 2 rings (SSSR count). The molecule has 1 atom stereocenters. The fourth-order valence-electron chi connectivity index (χ4n) is 1.56. The van der Waals surface area contributed by atoms with Crippen molar-refractivity contribution < 1.29 is 4.74 Å². The van der Waals surface area contributed by atoms with Gasteiger partial charge < -0.3 is 4.74 Å². The predicted molar refractivity (Wildman–Crippen MR) is 53.9 cm³/mol. The van der Waals surface area contributed by atoms with Crippen LogP contribution in [0.5, 0.6) is 0 Å². The van der Waals surface area contributed by atoms with E-state index in [-0.39, 0.29) is 5.60 Å². The van der Waals surface area contributed by atoms with E-state index in [4.69, 9.17) is 4.74 Å². The zero-order valence-corrected chi connectivity index (χ0v) is 8.34. The number of rotatable bonds is 3. The van der Waals surface area contributed by atoms with Crippen LogP contribution in [0.25, 0.3) is 0 Å². The van der Waals surface area contributed by atoms with E-state index in [1.807, 2.05) is 0 Å². The lowest BCUT2D eigenvalue weighted by atomic mass is 9.99. The second-order valence-corrected chi connectivity index (χ2v) is 4.17. The maximum Gasteiger partial charge on any atom is 0.0891 e. The number of aryl methyl sites for hydroxylation is 2. The molecule has 13 heavy (non-hydrogen) atoms. The quantitative estimate of drug-likeness (QED) is 0.645. The summed E-state index contributed by atoms with van der Waals surface area (Å²) in [5.74, 6) is 0. The van der Waals surface area contributed by atoms with Crippen molar-refractivity contribution in [3.63, 3.8) is 0 Å². The molecule has 0 saturated carbocycles. The van der Waals surface area contributed by atoms with Gasteiger partial charge in [0.15, 0.2) is 0 Å². The zero-order valence-electron chi connectivity index (χ0n) is 8.34. The van der Waals surface area contributed by atoms with Crippen molar-refractivity contribution in [2.45, 2.75) is 32.3 Å². The summed E-state index contributed by atoms with van der Waals surface area (Å²) in [5.41, 5.74) is 3.05. The van der Waals surface area contributed by atoms with Crippen molar-refractivity contribution in [1.82, 2.24) is 0 Å². The van der Waals surface area contributed by atoms with E-state index < -0.39 is 0 Å². The molecule has 1 aliphatic heterocycles. The molecular formula is C12H16O. The molecule has 0 bridgehead atoms. The molecule has 1 unspecified atom stereocenters. The van der Waals surface area contributed by atoms with Gasteiger partial charge in [-0.3, -0.25) is 0 Å². The van der Waals surface area contributed by atoms with Gasteiger partial charge in [-0.05, 0) is 37.8 Å². The van der Waals surface area contributed by atoms with E-state index in [0.29, 0.717) is 0 Å². The topological polar surface area (TPSA) is 12.5 Å². The maximum atomic E-state index is 5.36. The molecule has 0 aromatic heterocycles. The van der Waals surface area contributed by atoms with Crippen LogP contribution in [-0.2, 0) is 11.2 Å². The molecule has 1 fully saturated rings. The highest BCUT2D eigenvalue weighted by Gasteiger charge is 2.38. The third-order valence-electron chi connectivity index (χ3n) is 2.82. The molecular weight excluding hydrogens is 160 g/mol. The van der Waals surface area contributed by atoms with Crippen LogP contribution in [0, 0.1) is 6.92 Å². The summed E-state index contributed by atoms with van der Waals surface area (Å²) in [4.78, 5) is 0. The van der Waals surface area contributed by atoms with Gasteiger partial charge in [-0.2, -0.15) is 0 Å². The molecule has 1 aromatic carbocycles. The summed E-state index contributed by atoms with van der Waals surface area (Å²) in [5, 5.41) is 0. The van der Waals surface area contributed by atoms with Crippen LogP contribution in [0.1, 0.15) is 24.5 Å². The van der Waals surface area contributed by atoms with Crippen molar-refractivity contribution >= 4 is 0 Å². The number of hydrogen-bond acceptors (Lipinski definition) is 1. The van der Waals surface area contributed by atoms with Gasteiger partial charge in [0.25, 0.3) is 0 Å². The third kappa shape index (κ3) is 2.10. The van der Waals surface area contributed by atoms with Gasteiger partial charge in [0.05, 0.1) is 12.2 Å². The van der Waals surface area contributed by atoms with Gasteiger partial charge in [0.2, 0.25) is 0 Å². The third-order valence-corrected chi connectivity index (χ3v) is 2.82. The molecule has 1 heterocycles. The normalized spacial score (nSPS) is 26.0. The molecule has 0 amide bonds. The molecule has 0 radical (unpaired) electrons. The number of benzene rings is 1. The van der Waals surface area contributed by atoms with Gasteiger partial charge in [-0.15, -0.1) is 0 Å². The lowest BCUT2D eigenvalue weighted by molar-refractivity contribution is 0.309. The minimum absolute atomic E-state index is 0.197. The maximum absolute atomic E-state index is 5.36. The van der Waals surface area contributed by atoms with Crippen LogP contribution in [0.2, 0.25) is 0 Å². The second kappa shape index (κ2) is 3.15. The van der Waals surface area contributed by atoms with E-state index in [1.165, 1.54) is 11.1 Å². The van der Waals surface area contributed by atoms with Crippen LogP contribution in [0.15, 0.2) is 24.3 Å². The van der Waals surface area contributed by atoms with Gasteiger partial charge in [-0.25, -0.2) is 0 Å². The Kier molecular flexibility index (Phi) is 2.12. The second-order valence-electron chi connectivity index (χ2n) is 4.17. The molecule has 0 spiro atoms. The highest BCUT2D eigenvalue weighted by Crippen LogP contribution is 2.31. The van der Waals surface area contributed by atoms with Gasteiger partial charge >= 0.3 is 0 Å². The molecule has 1 heteroatoms. The summed E-state index contributed by atoms with van der Waals surface area (Å²) in [6.07, 6.45) is 2.29. The summed E-state index contributed by atoms with van der Waals surface area (Å²) in [7, 11) is 0. The predicted octanol–water partition coefficient (Wildman–Crippen LogP) is 2.72. The van der Waals surface area contributed by atoms with Gasteiger partial charge in [0, 0.05) is 0 Å². The summed E-state index contributed by atoms with van der Waals surface area (Å²) in [6.45, 7) is 5.30. The van der Waals surface area contributed by atoms with E-state index in [2.05, 4.69) is 38.1 Å². The average molecular weight is 176 g/mol. The van der Waals surface area contributed by atoms with Gasteiger partial charge in [-0.1, -0.05) is 24.3 Å². The minimum atomic E-state index is 0.197. The van der Waals surface area contributed by atoms with Gasteiger partial charge in [0.1, 0.15) is 0 Å². The average Bonchev–Trinajstić information content (AvgIpc) is 2.83. The first-order chi connectivity index (χ1) is 6.20. The molecule has 0 aliphatic carbocycles. The van der Waals surface area contributed by atoms with Crippen LogP contribution < -0.4 is 0 Å². The van der Waals surface area contributed by atoms with Crippen LogP contribution in [0.3, 0.4) is 0 Å². The summed E-state index contributed by atoms with van der Waals surface area (Å²) >= 11 is 0. The Balaban J connectivity index is 1.97. The van der Waals surface area contributed by atoms with E-state index in [9.17, 15) is 0 Å². The Labute approximate surface area is 79.7 Å². The monoisotopic (exact) mass is 176 g/mol. The Morgan fingerprint density at radius 3 is 2.69 bits per heavy atom. The molecule has 0 N–H and O–H groups in total. The Hall–Kier alpha value is -0.820. The lowest BCUT2D eigenvalue weighted by Crippen LogP contribution is -2.06. The summed E-state index contributed by atoms with van der Waals surface area (Å²) < 4.78 is 5.36. The van der Waals surface area contributed by atoms with Crippen LogP contribution in [0.4, 0.5) is 0 Å². The smallest absolute Gasteiger partial charge is 0.0891 e. The largest absolute Gasteiger partial charge is 0.370 e. The highest BCUT2D eigenvalue weighted by atomic mass is 16.6. The van der Waals surface area contributed by atoms with Crippen molar-refractivity contribution in [1.29, 1.82) is 0 Å². The minimum Gasteiger partial charge on any atom is -0.370 e. The fourth-order valence-corrected chi connectivity index (χ4v) is 1.56. The number of ether oxygens (including phenoxy) is 1. The van der Waals surface area contributed by atoms with Crippen LogP contribution >= 0.6 is 0 Å². The van der Waals surface area contributed by atoms with Crippen molar-refractivity contribution in [3.8, 4) is 0 Å². The molecule has 1 aliphatic rings. The number of epoxide rings is 1. The number of hydrogen-bond donors (Lipinski definition) is 0. The Morgan fingerprint density at radius 1 is 1.38 bits per heavy atom. The van der Waals surface area contributed by atoms with Crippen molar-refractivity contribution in [2.75, 3.05) is 6.61 Å². The Bertz CT molecular complexity index is 300. The first-order valence-electron chi connectivity index (χ1n) is 4.88. The fraction of sp³-hybridized carbons (Fsp3) is 0.500. The van der Waals surface area contributed by atoms with Crippen molar-refractivity contribution in [3.05, 3.63) is 35.4 Å². The van der Waals surface area contributed by atoms with Crippen LogP contribution in [-0.4, -0.2) is 12.2 Å². The molecule has 1 nitrogen and oxygen atoms in total. The Morgan fingerprint density at radius 2 is 2.08 bits per heavy atom. The van der Waals surface area contributed by atoms with E-state index >= 15 is 0 Å². The first-order valence-corrected chi connectivity index (χ1v) is 4.88. The standard InChI is InChI=1S/C12H16O/c1-10-5-3-4-6-11(10)7-8-12(2)9-13-12/h3-6H,7-9H2,1-2H3. The molecule has 1 saturated heterocycles. The highest BCUT2D eigenvalue weighted by molar-refractivity contribution is 5.25. The SMILES string of the molecule is Cc1ccccc1CCC1(C)CO1. The zero-order chi connectivity index (χ0) is 9.31. The molecule has 70 valence electrons. The van der Waals surface area contributed by atoms with Crippen molar-refractivity contribution in [2.24, 2.45) is 0 Å². The van der Waals surface area contributed by atoms with E-state index in [1.54, 1.807) is 0 Å². The summed E-state index contributed by atoms with van der Waals surface area (Å²) in [6, 6.07) is 8.58.